The highest BCUT2D eigenvalue weighted by Gasteiger charge is 2.38. The fraction of sp³-hybridized carbons (Fsp3) is 1.00. The SMILES string of the molecule is CCC(C)(C)C1CCC(CN)C(N2CCCCCC2)C1. The molecule has 1 aliphatic heterocycles. The van der Waals surface area contributed by atoms with E-state index in [1.165, 1.54) is 64.5 Å². The summed E-state index contributed by atoms with van der Waals surface area (Å²) in [5, 5.41) is 0. The Morgan fingerprint density at radius 2 is 1.70 bits per heavy atom. The fourth-order valence-corrected chi connectivity index (χ4v) is 4.36. The number of likely N-dealkylation sites (tertiary alicyclic amines) is 1. The minimum absolute atomic E-state index is 0.504. The highest BCUT2D eigenvalue weighted by Crippen LogP contribution is 2.43. The molecule has 0 spiro atoms. The Labute approximate surface area is 126 Å². The van der Waals surface area contributed by atoms with Crippen molar-refractivity contribution in [2.75, 3.05) is 19.6 Å². The summed E-state index contributed by atoms with van der Waals surface area (Å²) in [6, 6.07) is 0.766. The van der Waals surface area contributed by atoms with Gasteiger partial charge in [0.2, 0.25) is 0 Å². The van der Waals surface area contributed by atoms with Gasteiger partial charge in [-0.25, -0.2) is 0 Å². The van der Waals surface area contributed by atoms with Crippen LogP contribution in [-0.2, 0) is 0 Å². The van der Waals surface area contributed by atoms with E-state index < -0.39 is 0 Å². The lowest BCUT2D eigenvalue weighted by atomic mass is 9.65. The first kappa shape index (κ1) is 16.3. The van der Waals surface area contributed by atoms with Crippen molar-refractivity contribution in [2.24, 2.45) is 23.0 Å². The zero-order chi connectivity index (χ0) is 14.6. The summed E-state index contributed by atoms with van der Waals surface area (Å²) in [6.45, 7) is 10.8. The molecule has 3 atom stereocenters. The molecule has 118 valence electrons. The van der Waals surface area contributed by atoms with Crippen LogP contribution in [0.3, 0.4) is 0 Å². The molecule has 1 aliphatic carbocycles. The van der Waals surface area contributed by atoms with Gasteiger partial charge in [-0.05, 0) is 69.0 Å². The van der Waals surface area contributed by atoms with E-state index in [0.29, 0.717) is 5.41 Å². The van der Waals surface area contributed by atoms with Crippen molar-refractivity contribution in [1.29, 1.82) is 0 Å². The van der Waals surface area contributed by atoms with Gasteiger partial charge >= 0.3 is 0 Å². The highest BCUT2D eigenvalue weighted by atomic mass is 15.2. The molecule has 2 fully saturated rings. The van der Waals surface area contributed by atoms with Crippen LogP contribution >= 0.6 is 0 Å². The first-order valence-corrected chi connectivity index (χ1v) is 9.02. The number of rotatable bonds is 4. The standard InChI is InChI=1S/C18H36N2/c1-4-18(2,3)16-10-9-15(14-19)17(13-16)20-11-7-5-6-8-12-20/h15-17H,4-14,19H2,1-3H3. The first-order valence-electron chi connectivity index (χ1n) is 9.02. The van der Waals surface area contributed by atoms with E-state index in [2.05, 4.69) is 25.7 Å². The van der Waals surface area contributed by atoms with E-state index in [1.54, 1.807) is 0 Å². The van der Waals surface area contributed by atoms with Gasteiger partial charge in [-0.2, -0.15) is 0 Å². The van der Waals surface area contributed by atoms with Crippen molar-refractivity contribution in [3.63, 3.8) is 0 Å². The molecule has 0 aromatic rings. The van der Waals surface area contributed by atoms with Crippen molar-refractivity contribution >= 4 is 0 Å². The summed E-state index contributed by atoms with van der Waals surface area (Å²) in [6.07, 6.45) is 11.1. The van der Waals surface area contributed by atoms with E-state index >= 15 is 0 Å². The maximum Gasteiger partial charge on any atom is 0.0138 e. The molecule has 2 heteroatoms. The molecule has 1 saturated heterocycles. The molecule has 1 saturated carbocycles. The third-order valence-electron chi connectivity index (χ3n) is 6.38. The number of nitrogens with two attached hydrogens (primary N) is 1. The van der Waals surface area contributed by atoms with Gasteiger partial charge < -0.3 is 10.6 Å². The van der Waals surface area contributed by atoms with Crippen LogP contribution in [0.15, 0.2) is 0 Å². The molecule has 2 rings (SSSR count). The fourth-order valence-electron chi connectivity index (χ4n) is 4.36. The van der Waals surface area contributed by atoms with E-state index in [4.69, 9.17) is 5.73 Å². The van der Waals surface area contributed by atoms with Gasteiger partial charge in [-0.3, -0.25) is 0 Å². The molecule has 0 aromatic heterocycles. The van der Waals surface area contributed by atoms with E-state index in [-0.39, 0.29) is 0 Å². The van der Waals surface area contributed by atoms with Crippen LogP contribution in [0.2, 0.25) is 0 Å². The second-order valence-corrected chi connectivity index (χ2v) is 7.87. The zero-order valence-corrected chi connectivity index (χ0v) is 14.0. The predicted molar refractivity (Wildman–Crippen MR) is 87.8 cm³/mol. The Morgan fingerprint density at radius 1 is 1.05 bits per heavy atom. The van der Waals surface area contributed by atoms with Crippen LogP contribution in [0.4, 0.5) is 0 Å². The molecular weight excluding hydrogens is 244 g/mol. The molecule has 0 bridgehead atoms. The maximum absolute atomic E-state index is 6.10. The largest absolute Gasteiger partial charge is 0.330 e. The summed E-state index contributed by atoms with van der Waals surface area (Å²) < 4.78 is 0. The number of hydrogen-bond donors (Lipinski definition) is 1. The third-order valence-corrected chi connectivity index (χ3v) is 6.38. The van der Waals surface area contributed by atoms with Crippen molar-refractivity contribution in [3.05, 3.63) is 0 Å². The van der Waals surface area contributed by atoms with E-state index in [1.807, 2.05) is 0 Å². The average molecular weight is 280 g/mol. The van der Waals surface area contributed by atoms with Gasteiger partial charge in [0.15, 0.2) is 0 Å². The Kier molecular flexibility index (Phi) is 5.92. The van der Waals surface area contributed by atoms with Crippen LogP contribution < -0.4 is 5.73 Å². The average Bonchev–Trinajstić information content (AvgIpc) is 2.75. The summed E-state index contributed by atoms with van der Waals surface area (Å²) in [4.78, 5) is 2.81. The number of hydrogen-bond acceptors (Lipinski definition) is 2. The Morgan fingerprint density at radius 3 is 2.25 bits per heavy atom. The molecule has 0 aromatic carbocycles. The summed E-state index contributed by atoms with van der Waals surface area (Å²) in [5.74, 6) is 1.64. The van der Waals surface area contributed by atoms with Crippen LogP contribution in [0.5, 0.6) is 0 Å². The normalized spacial score (nSPS) is 33.9. The molecule has 2 N–H and O–H groups in total. The van der Waals surface area contributed by atoms with Gasteiger partial charge in [0.1, 0.15) is 0 Å². The minimum atomic E-state index is 0.504. The predicted octanol–water partition coefficient (Wildman–Crippen LogP) is 4.04. The van der Waals surface area contributed by atoms with Crippen molar-refractivity contribution in [1.82, 2.24) is 4.90 Å². The number of nitrogens with zero attached hydrogens (tertiary/aromatic N) is 1. The van der Waals surface area contributed by atoms with Gasteiger partial charge in [0, 0.05) is 6.04 Å². The highest BCUT2D eigenvalue weighted by molar-refractivity contribution is 4.92. The molecule has 1 heterocycles. The Balaban J connectivity index is 2.05. The molecular formula is C18H36N2. The topological polar surface area (TPSA) is 29.3 Å². The molecule has 3 unspecified atom stereocenters. The minimum Gasteiger partial charge on any atom is -0.330 e. The second kappa shape index (κ2) is 7.26. The van der Waals surface area contributed by atoms with Gasteiger partial charge in [-0.1, -0.05) is 40.0 Å². The monoisotopic (exact) mass is 280 g/mol. The molecule has 2 nitrogen and oxygen atoms in total. The summed E-state index contributed by atoms with van der Waals surface area (Å²) >= 11 is 0. The quantitative estimate of drug-likeness (QED) is 0.842. The summed E-state index contributed by atoms with van der Waals surface area (Å²) in [5.41, 5.74) is 6.60. The van der Waals surface area contributed by atoms with E-state index in [9.17, 15) is 0 Å². The first-order chi connectivity index (χ1) is 9.58. The second-order valence-electron chi connectivity index (χ2n) is 7.87. The smallest absolute Gasteiger partial charge is 0.0138 e. The molecule has 0 radical (unpaired) electrons. The summed E-state index contributed by atoms with van der Waals surface area (Å²) in [7, 11) is 0. The maximum atomic E-state index is 6.10. The Bertz CT molecular complexity index is 279. The van der Waals surface area contributed by atoms with Crippen molar-refractivity contribution < 1.29 is 0 Å². The van der Waals surface area contributed by atoms with Crippen LogP contribution in [0.25, 0.3) is 0 Å². The van der Waals surface area contributed by atoms with Gasteiger partial charge in [-0.15, -0.1) is 0 Å². The van der Waals surface area contributed by atoms with Crippen LogP contribution in [0, 0.1) is 17.3 Å². The lowest BCUT2D eigenvalue weighted by Gasteiger charge is -2.47. The third kappa shape index (κ3) is 3.76. The van der Waals surface area contributed by atoms with Crippen LogP contribution in [-0.4, -0.2) is 30.6 Å². The lowest BCUT2D eigenvalue weighted by Crippen LogP contribution is -2.49. The Hall–Kier alpha value is -0.0800. The van der Waals surface area contributed by atoms with Crippen molar-refractivity contribution in [2.45, 2.75) is 78.2 Å². The van der Waals surface area contributed by atoms with Crippen LogP contribution in [0.1, 0.15) is 72.1 Å². The van der Waals surface area contributed by atoms with Crippen molar-refractivity contribution in [3.8, 4) is 0 Å². The molecule has 2 aliphatic rings. The molecule has 20 heavy (non-hydrogen) atoms. The van der Waals surface area contributed by atoms with Gasteiger partial charge in [0.25, 0.3) is 0 Å². The van der Waals surface area contributed by atoms with Gasteiger partial charge in [0.05, 0.1) is 0 Å². The van der Waals surface area contributed by atoms with E-state index in [0.717, 1.165) is 24.4 Å². The zero-order valence-electron chi connectivity index (χ0n) is 14.0. The lowest BCUT2D eigenvalue weighted by molar-refractivity contribution is 0.0391. The molecule has 0 amide bonds.